The first-order valence-electron chi connectivity index (χ1n) is 8.39. The van der Waals surface area contributed by atoms with Crippen molar-refractivity contribution in [2.75, 3.05) is 13.1 Å². The zero-order chi connectivity index (χ0) is 14.4. The lowest BCUT2D eigenvalue weighted by molar-refractivity contribution is 0.254. The van der Waals surface area contributed by atoms with Crippen molar-refractivity contribution < 1.29 is 0 Å². The summed E-state index contributed by atoms with van der Waals surface area (Å²) in [6, 6.07) is 10.0. The predicted octanol–water partition coefficient (Wildman–Crippen LogP) is 4.70. The molecule has 0 aliphatic heterocycles. The van der Waals surface area contributed by atoms with Gasteiger partial charge in [0.1, 0.15) is 0 Å². The van der Waals surface area contributed by atoms with Crippen LogP contribution in [-0.4, -0.2) is 18.0 Å². The lowest BCUT2D eigenvalue weighted by atomic mass is 9.98. The minimum atomic E-state index is 0.773. The quantitative estimate of drug-likeness (QED) is 0.630. The van der Waals surface area contributed by atoms with Gasteiger partial charge in [-0.05, 0) is 67.7 Å². The molecule has 0 aromatic heterocycles. The molecular weight excluding hydrogens is 242 g/mol. The number of rotatable bonds is 9. The second-order valence-electron chi connectivity index (χ2n) is 6.78. The van der Waals surface area contributed by atoms with Crippen LogP contribution in [0.1, 0.15) is 57.6 Å². The van der Waals surface area contributed by atoms with E-state index in [4.69, 9.17) is 0 Å². The summed E-state index contributed by atoms with van der Waals surface area (Å²) in [5.74, 6) is 1.75. The van der Waals surface area contributed by atoms with Crippen LogP contribution in [-0.2, 0) is 13.0 Å². The van der Waals surface area contributed by atoms with Crippen LogP contribution >= 0.6 is 0 Å². The van der Waals surface area contributed by atoms with Gasteiger partial charge < -0.3 is 0 Å². The van der Waals surface area contributed by atoms with Crippen molar-refractivity contribution in [3.63, 3.8) is 0 Å². The molecule has 111 valence electrons. The largest absolute Gasteiger partial charge is 0.299 e. The third-order valence-electron chi connectivity index (χ3n) is 4.16. The first-order valence-corrected chi connectivity index (χ1v) is 8.39. The van der Waals surface area contributed by atoms with E-state index in [1.54, 1.807) is 0 Å². The van der Waals surface area contributed by atoms with Gasteiger partial charge in [0, 0.05) is 13.1 Å². The van der Waals surface area contributed by atoms with Crippen molar-refractivity contribution in [2.45, 2.75) is 59.4 Å². The molecule has 2 rings (SSSR count). The minimum Gasteiger partial charge on any atom is -0.299 e. The van der Waals surface area contributed by atoms with E-state index in [2.05, 4.69) is 49.9 Å². The maximum absolute atomic E-state index is 3.48. The summed E-state index contributed by atoms with van der Waals surface area (Å²) in [6.07, 6.45) is 6.59. The van der Waals surface area contributed by atoms with Gasteiger partial charge >= 0.3 is 0 Å². The van der Waals surface area contributed by atoms with Gasteiger partial charge in [-0.1, -0.05) is 39.0 Å². The molecule has 1 radical (unpaired) electrons. The van der Waals surface area contributed by atoms with Crippen LogP contribution in [0.3, 0.4) is 0 Å². The van der Waals surface area contributed by atoms with Gasteiger partial charge in [0.25, 0.3) is 0 Å². The molecule has 0 amide bonds. The van der Waals surface area contributed by atoms with Gasteiger partial charge in [0.05, 0.1) is 0 Å². The Morgan fingerprint density at radius 3 is 2.80 bits per heavy atom. The Bertz CT molecular complexity index is 393. The molecule has 0 atom stereocenters. The Balaban J connectivity index is 1.97. The molecule has 0 heterocycles. The predicted molar refractivity (Wildman–Crippen MR) is 86.7 cm³/mol. The van der Waals surface area contributed by atoms with Gasteiger partial charge in [-0.2, -0.15) is 0 Å². The van der Waals surface area contributed by atoms with Crippen LogP contribution < -0.4 is 0 Å². The minimum absolute atomic E-state index is 0.773. The van der Waals surface area contributed by atoms with Crippen molar-refractivity contribution in [3.8, 4) is 0 Å². The molecule has 0 saturated heterocycles. The Labute approximate surface area is 125 Å². The summed E-state index contributed by atoms with van der Waals surface area (Å²) in [5.41, 5.74) is 2.94. The average molecular weight is 272 g/mol. The third kappa shape index (κ3) is 5.28. The van der Waals surface area contributed by atoms with Crippen molar-refractivity contribution in [2.24, 2.45) is 11.8 Å². The SMILES string of the molecule is CCCN(Cc1ccc[c]c1CCC(C)C)CC1CC1. The molecule has 1 heteroatoms. The molecule has 1 saturated carbocycles. The number of hydrogen-bond acceptors (Lipinski definition) is 1. The van der Waals surface area contributed by atoms with Crippen molar-refractivity contribution >= 4 is 0 Å². The van der Waals surface area contributed by atoms with E-state index < -0.39 is 0 Å². The summed E-state index contributed by atoms with van der Waals surface area (Å²) in [6.45, 7) is 10.5. The molecule has 1 aromatic carbocycles. The molecule has 0 unspecified atom stereocenters. The van der Waals surface area contributed by atoms with Gasteiger partial charge in [-0.15, -0.1) is 0 Å². The highest BCUT2D eigenvalue weighted by molar-refractivity contribution is 5.26. The maximum Gasteiger partial charge on any atom is 0.0236 e. The number of benzene rings is 1. The molecule has 0 spiro atoms. The van der Waals surface area contributed by atoms with Crippen molar-refractivity contribution in [3.05, 3.63) is 35.4 Å². The molecule has 1 aliphatic carbocycles. The zero-order valence-corrected chi connectivity index (χ0v) is 13.5. The monoisotopic (exact) mass is 272 g/mol. The first-order chi connectivity index (χ1) is 9.69. The number of aryl methyl sites for hydroxylation is 1. The van der Waals surface area contributed by atoms with E-state index in [1.807, 2.05) is 0 Å². The zero-order valence-electron chi connectivity index (χ0n) is 13.5. The van der Waals surface area contributed by atoms with Gasteiger partial charge in [-0.25, -0.2) is 0 Å². The molecule has 1 nitrogen and oxygen atoms in total. The summed E-state index contributed by atoms with van der Waals surface area (Å²) >= 11 is 0. The van der Waals surface area contributed by atoms with Crippen LogP contribution in [0.4, 0.5) is 0 Å². The highest BCUT2D eigenvalue weighted by Crippen LogP contribution is 2.30. The Kier molecular flexibility index (Phi) is 6.09. The molecule has 1 fully saturated rings. The second kappa shape index (κ2) is 7.83. The normalized spacial score (nSPS) is 15.2. The fourth-order valence-corrected chi connectivity index (χ4v) is 2.78. The molecule has 1 aliphatic rings. The first kappa shape index (κ1) is 15.6. The third-order valence-corrected chi connectivity index (χ3v) is 4.16. The van der Waals surface area contributed by atoms with E-state index in [0.29, 0.717) is 0 Å². The fraction of sp³-hybridized carbons (Fsp3) is 0.684. The standard InChI is InChI=1S/C19H30N/c1-4-13-20(14-17-10-11-17)15-19-8-6-5-7-18(19)12-9-16(2)3/h5-6,8,16-17H,4,9-15H2,1-3H3. The van der Waals surface area contributed by atoms with Crippen molar-refractivity contribution in [1.82, 2.24) is 4.90 Å². The van der Waals surface area contributed by atoms with Crippen LogP contribution in [0.15, 0.2) is 18.2 Å². The summed E-state index contributed by atoms with van der Waals surface area (Å²) in [7, 11) is 0. The van der Waals surface area contributed by atoms with Gasteiger partial charge in [-0.3, -0.25) is 4.90 Å². The Morgan fingerprint density at radius 2 is 2.15 bits per heavy atom. The lowest BCUT2D eigenvalue weighted by Gasteiger charge is -2.23. The number of hydrogen-bond donors (Lipinski definition) is 0. The maximum atomic E-state index is 3.48. The summed E-state index contributed by atoms with van der Waals surface area (Å²) < 4.78 is 0. The molecule has 0 N–H and O–H groups in total. The number of nitrogens with zero attached hydrogens (tertiary/aromatic N) is 1. The highest BCUT2D eigenvalue weighted by atomic mass is 15.1. The smallest absolute Gasteiger partial charge is 0.0236 e. The van der Waals surface area contributed by atoms with Crippen LogP contribution in [0.5, 0.6) is 0 Å². The van der Waals surface area contributed by atoms with E-state index in [-0.39, 0.29) is 0 Å². The molecular formula is C19H30N. The summed E-state index contributed by atoms with van der Waals surface area (Å²) in [5, 5.41) is 0. The van der Waals surface area contributed by atoms with Crippen LogP contribution in [0.25, 0.3) is 0 Å². The lowest BCUT2D eigenvalue weighted by Crippen LogP contribution is -2.27. The van der Waals surface area contributed by atoms with E-state index in [1.165, 1.54) is 56.3 Å². The van der Waals surface area contributed by atoms with Gasteiger partial charge in [0.15, 0.2) is 0 Å². The fourth-order valence-electron chi connectivity index (χ4n) is 2.78. The second-order valence-corrected chi connectivity index (χ2v) is 6.78. The van der Waals surface area contributed by atoms with E-state index in [0.717, 1.165) is 18.4 Å². The van der Waals surface area contributed by atoms with E-state index in [9.17, 15) is 0 Å². The van der Waals surface area contributed by atoms with E-state index >= 15 is 0 Å². The molecule has 0 bridgehead atoms. The molecule has 20 heavy (non-hydrogen) atoms. The summed E-state index contributed by atoms with van der Waals surface area (Å²) in [4.78, 5) is 2.65. The molecule has 1 aromatic rings. The highest BCUT2D eigenvalue weighted by Gasteiger charge is 2.24. The van der Waals surface area contributed by atoms with Crippen molar-refractivity contribution in [1.29, 1.82) is 0 Å². The van der Waals surface area contributed by atoms with Crippen LogP contribution in [0.2, 0.25) is 0 Å². The van der Waals surface area contributed by atoms with Crippen LogP contribution in [0, 0.1) is 17.9 Å². The Morgan fingerprint density at radius 1 is 1.35 bits per heavy atom. The van der Waals surface area contributed by atoms with Gasteiger partial charge in [0.2, 0.25) is 0 Å². The topological polar surface area (TPSA) is 3.24 Å². The Hall–Kier alpha value is -0.820. The average Bonchev–Trinajstić information content (AvgIpc) is 3.22.